The second-order valence-electron chi connectivity index (χ2n) is 10.1. The zero-order chi connectivity index (χ0) is 24.6. The van der Waals surface area contributed by atoms with Crippen LogP contribution in [0.5, 0.6) is 0 Å². The Morgan fingerprint density at radius 1 is 1.03 bits per heavy atom. The van der Waals surface area contributed by atoms with E-state index in [1.807, 2.05) is 20.8 Å². The quantitative estimate of drug-likeness (QED) is 0.473. The van der Waals surface area contributed by atoms with Gasteiger partial charge < -0.3 is 14.4 Å². The van der Waals surface area contributed by atoms with E-state index in [0.29, 0.717) is 62.8 Å². The maximum Gasteiger partial charge on any atom is 0.410 e. The Morgan fingerprint density at radius 2 is 1.65 bits per heavy atom. The summed E-state index contributed by atoms with van der Waals surface area (Å²) in [5.41, 5.74) is 0.448. The number of likely N-dealkylation sites (tertiary alicyclic amines) is 1. The van der Waals surface area contributed by atoms with Crippen molar-refractivity contribution in [2.24, 2.45) is 5.92 Å². The van der Waals surface area contributed by atoms with Crippen molar-refractivity contribution in [2.45, 2.75) is 77.0 Å². The summed E-state index contributed by atoms with van der Waals surface area (Å²) in [6.07, 6.45) is 5.19. The van der Waals surface area contributed by atoms with Crippen LogP contribution in [0.25, 0.3) is 11.2 Å². The van der Waals surface area contributed by atoms with Crippen LogP contribution in [-0.4, -0.2) is 61.9 Å². The van der Waals surface area contributed by atoms with Gasteiger partial charge in [0, 0.05) is 25.2 Å². The summed E-state index contributed by atoms with van der Waals surface area (Å²) in [6.45, 7) is 6.50. The first-order chi connectivity index (χ1) is 16.1. The van der Waals surface area contributed by atoms with Crippen LogP contribution in [0.1, 0.15) is 71.4 Å². The minimum atomic E-state index is -0.557. The van der Waals surface area contributed by atoms with Gasteiger partial charge >= 0.3 is 17.8 Å². The first-order valence-corrected chi connectivity index (χ1v) is 12.2. The number of piperidine rings is 1. The fraction of sp³-hybridized carbons (Fsp3) is 0.696. The SMILES string of the molecule is COC(=O)C1CCC(n2c(=O)n(C3CCN(C(=O)OC(C)(C)C)CC3)c3nc(Cl)ncc32)CC1. The average molecular weight is 494 g/mol. The third kappa shape index (κ3) is 4.92. The largest absolute Gasteiger partial charge is 0.469 e. The van der Waals surface area contributed by atoms with E-state index in [0.717, 1.165) is 0 Å². The molecule has 1 amide bonds. The van der Waals surface area contributed by atoms with E-state index in [9.17, 15) is 14.4 Å². The zero-order valence-corrected chi connectivity index (χ0v) is 20.9. The van der Waals surface area contributed by atoms with Crippen molar-refractivity contribution in [3.8, 4) is 0 Å². The highest BCUT2D eigenvalue weighted by Crippen LogP contribution is 2.35. The summed E-state index contributed by atoms with van der Waals surface area (Å²) in [4.78, 5) is 48.3. The number of hydrogen-bond acceptors (Lipinski definition) is 7. The lowest BCUT2D eigenvalue weighted by atomic mass is 9.86. The lowest BCUT2D eigenvalue weighted by molar-refractivity contribution is -0.146. The van der Waals surface area contributed by atoms with Gasteiger partial charge in [0.05, 0.1) is 19.2 Å². The summed E-state index contributed by atoms with van der Waals surface area (Å²) in [7, 11) is 1.40. The van der Waals surface area contributed by atoms with Crippen LogP contribution in [0, 0.1) is 5.92 Å². The smallest absolute Gasteiger partial charge is 0.410 e. The Labute approximate surface area is 203 Å². The number of aromatic nitrogens is 4. The van der Waals surface area contributed by atoms with Crippen LogP contribution in [0.2, 0.25) is 5.28 Å². The Balaban J connectivity index is 1.58. The highest BCUT2D eigenvalue weighted by molar-refractivity contribution is 6.28. The third-order valence-corrected chi connectivity index (χ3v) is 6.88. The molecule has 1 aliphatic carbocycles. The van der Waals surface area contributed by atoms with Gasteiger partial charge in [-0.05, 0) is 70.9 Å². The van der Waals surface area contributed by atoms with E-state index in [1.54, 1.807) is 20.2 Å². The highest BCUT2D eigenvalue weighted by Gasteiger charge is 2.34. The van der Waals surface area contributed by atoms with Gasteiger partial charge in [-0.15, -0.1) is 0 Å². The van der Waals surface area contributed by atoms with Crippen LogP contribution < -0.4 is 5.69 Å². The van der Waals surface area contributed by atoms with Crippen LogP contribution in [0.3, 0.4) is 0 Å². The van der Waals surface area contributed by atoms with Gasteiger partial charge in [-0.1, -0.05) is 0 Å². The van der Waals surface area contributed by atoms with Crippen molar-refractivity contribution in [2.75, 3.05) is 20.2 Å². The summed E-state index contributed by atoms with van der Waals surface area (Å²) >= 11 is 6.11. The van der Waals surface area contributed by atoms with Crippen molar-refractivity contribution in [3.05, 3.63) is 22.0 Å². The predicted molar refractivity (Wildman–Crippen MR) is 126 cm³/mol. The molecule has 0 unspecified atom stereocenters. The molecule has 2 fully saturated rings. The molecule has 0 N–H and O–H groups in total. The van der Waals surface area contributed by atoms with Crippen molar-refractivity contribution in [3.63, 3.8) is 0 Å². The Morgan fingerprint density at radius 3 is 2.24 bits per heavy atom. The number of hydrogen-bond donors (Lipinski definition) is 0. The Kier molecular flexibility index (Phi) is 6.89. The van der Waals surface area contributed by atoms with Crippen molar-refractivity contribution < 1.29 is 19.1 Å². The third-order valence-electron chi connectivity index (χ3n) is 6.70. The Bertz CT molecular complexity index is 1120. The van der Waals surface area contributed by atoms with Gasteiger partial charge in [0.2, 0.25) is 5.28 Å². The maximum atomic E-state index is 13.7. The van der Waals surface area contributed by atoms with E-state index in [-0.39, 0.29) is 41.0 Å². The van der Waals surface area contributed by atoms with E-state index in [2.05, 4.69) is 9.97 Å². The summed E-state index contributed by atoms with van der Waals surface area (Å²) in [5.74, 6) is -0.326. The normalized spacial score (nSPS) is 22.1. The monoisotopic (exact) mass is 493 g/mol. The topological polar surface area (TPSA) is 109 Å². The van der Waals surface area contributed by atoms with Crippen LogP contribution in [0.15, 0.2) is 11.0 Å². The molecule has 4 rings (SSSR count). The highest BCUT2D eigenvalue weighted by atomic mass is 35.5. The number of nitrogens with zero attached hydrogens (tertiary/aromatic N) is 5. The van der Waals surface area contributed by atoms with E-state index < -0.39 is 5.60 Å². The summed E-state index contributed by atoms with van der Waals surface area (Å²) in [5, 5.41) is 0.0824. The molecule has 0 aromatic carbocycles. The number of carbonyl (C=O) groups is 2. The van der Waals surface area contributed by atoms with Gasteiger partial charge in [0.25, 0.3) is 0 Å². The minimum Gasteiger partial charge on any atom is -0.469 e. The molecule has 1 saturated heterocycles. The number of carbonyl (C=O) groups excluding carboxylic acids is 2. The van der Waals surface area contributed by atoms with Gasteiger partial charge in [0.1, 0.15) is 11.1 Å². The van der Waals surface area contributed by atoms with Crippen molar-refractivity contribution in [1.82, 2.24) is 24.0 Å². The maximum absolute atomic E-state index is 13.7. The molecule has 11 heteroatoms. The molecule has 0 radical (unpaired) electrons. The molecule has 0 bridgehead atoms. The lowest BCUT2D eigenvalue weighted by Gasteiger charge is -2.33. The molecule has 2 aromatic heterocycles. The second-order valence-corrected chi connectivity index (χ2v) is 10.4. The average Bonchev–Trinajstić information content (AvgIpc) is 3.08. The molecule has 1 aliphatic heterocycles. The molecule has 3 heterocycles. The van der Waals surface area contributed by atoms with Crippen LogP contribution >= 0.6 is 11.6 Å². The molecular weight excluding hydrogens is 462 g/mol. The predicted octanol–water partition coefficient (Wildman–Crippen LogP) is 3.72. The fourth-order valence-corrected chi connectivity index (χ4v) is 5.18. The van der Waals surface area contributed by atoms with Gasteiger partial charge in [0.15, 0.2) is 5.65 Å². The lowest BCUT2D eigenvalue weighted by Crippen LogP contribution is -2.43. The number of fused-ring (bicyclic) bond motifs is 1. The van der Waals surface area contributed by atoms with E-state index in [4.69, 9.17) is 21.1 Å². The zero-order valence-electron chi connectivity index (χ0n) is 20.1. The van der Waals surface area contributed by atoms with E-state index in [1.165, 1.54) is 7.11 Å². The molecule has 186 valence electrons. The molecule has 0 spiro atoms. The first-order valence-electron chi connectivity index (χ1n) is 11.8. The number of ether oxygens (including phenoxy) is 2. The Hall–Kier alpha value is -2.62. The van der Waals surface area contributed by atoms with Gasteiger partial charge in [-0.2, -0.15) is 4.98 Å². The number of halogens is 1. The number of rotatable bonds is 3. The van der Waals surface area contributed by atoms with Crippen LogP contribution in [0.4, 0.5) is 4.79 Å². The summed E-state index contributed by atoms with van der Waals surface area (Å²) in [6, 6.07) is -0.170. The molecule has 2 aromatic rings. The molecule has 2 aliphatic rings. The summed E-state index contributed by atoms with van der Waals surface area (Å²) < 4.78 is 13.9. The van der Waals surface area contributed by atoms with Gasteiger partial charge in [-0.3, -0.25) is 13.9 Å². The molecule has 0 atom stereocenters. The van der Waals surface area contributed by atoms with Crippen molar-refractivity contribution in [1.29, 1.82) is 0 Å². The number of imidazole rings is 1. The molecule has 10 nitrogen and oxygen atoms in total. The first kappa shape index (κ1) is 24.5. The number of amides is 1. The molecule has 1 saturated carbocycles. The number of esters is 1. The second kappa shape index (κ2) is 9.56. The molecule has 34 heavy (non-hydrogen) atoms. The van der Waals surface area contributed by atoms with Crippen molar-refractivity contribution >= 4 is 34.8 Å². The minimum absolute atomic E-state index is 0.0521. The van der Waals surface area contributed by atoms with Gasteiger partial charge in [-0.25, -0.2) is 14.6 Å². The standard InChI is InChI=1S/C23H32ClN5O5/c1-23(2,3)34-22(32)27-11-9-16(10-12-27)29-18-17(13-25-20(24)26-18)28(21(29)31)15-7-5-14(6-8-15)19(30)33-4/h13-16H,5-12H2,1-4H3. The number of methoxy groups -OCH3 is 1. The molecular formula is C23H32ClN5O5. The van der Waals surface area contributed by atoms with Crippen LogP contribution in [-0.2, 0) is 14.3 Å². The van der Waals surface area contributed by atoms with E-state index >= 15 is 0 Å². The fourth-order valence-electron chi connectivity index (χ4n) is 5.05.